The molecule has 2 aromatic carbocycles. The Morgan fingerprint density at radius 3 is 2.30 bits per heavy atom. The van der Waals surface area contributed by atoms with E-state index < -0.39 is 0 Å². The topological polar surface area (TPSA) is 0 Å². The van der Waals surface area contributed by atoms with Crippen molar-refractivity contribution in [1.29, 1.82) is 0 Å². The van der Waals surface area contributed by atoms with Crippen LogP contribution in [0, 0.1) is 5.82 Å². The van der Waals surface area contributed by atoms with Crippen LogP contribution in [0.4, 0.5) is 4.39 Å². The molecule has 2 unspecified atom stereocenters. The third-order valence-electron chi connectivity index (χ3n) is 3.67. The van der Waals surface area contributed by atoms with E-state index in [1.807, 2.05) is 6.07 Å². The highest BCUT2D eigenvalue weighted by Gasteiger charge is 2.16. The van der Waals surface area contributed by atoms with Crippen molar-refractivity contribution < 1.29 is 4.39 Å². The largest absolute Gasteiger partial charge is 0.205 e. The number of hydrogen-bond donors (Lipinski definition) is 0. The first-order chi connectivity index (χ1) is 9.54. The van der Waals surface area contributed by atoms with Gasteiger partial charge in [-0.05, 0) is 35.1 Å². The fraction of sp³-hybridized carbons (Fsp3) is 0.294. The Hall–Kier alpha value is -0.860. The van der Waals surface area contributed by atoms with Gasteiger partial charge in [-0.25, -0.2) is 4.39 Å². The molecule has 0 saturated heterocycles. The lowest BCUT2D eigenvalue weighted by Gasteiger charge is -2.15. The zero-order valence-corrected chi connectivity index (χ0v) is 13.9. The molecule has 3 heteroatoms. The number of hydrogen-bond acceptors (Lipinski definition) is 0. The SMILES string of the molecule is CCC(C)c1ccc(C(Br)c2cccc(F)c2Cl)cc1. The molecule has 0 saturated carbocycles. The summed E-state index contributed by atoms with van der Waals surface area (Å²) in [6.45, 7) is 4.39. The monoisotopic (exact) mass is 354 g/mol. The molecule has 0 bridgehead atoms. The summed E-state index contributed by atoms with van der Waals surface area (Å²) in [7, 11) is 0. The fourth-order valence-corrected chi connectivity index (χ4v) is 3.18. The third kappa shape index (κ3) is 3.24. The Balaban J connectivity index is 2.29. The highest BCUT2D eigenvalue weighted by molar-refractivity contribution is 9.09. The minimum Gasteiger partial charge on any atom is -0.205 e. The van der Waals surface area contributed by atoms with Gasteiger partial charge >= 0.3 is 0 Å². The third-order valence-corrected chi connectivity index (χ3v) is 5.09. The van der Waals surface area contributed by atoms with Gasteiger partial charge in [0.15, 0.2) is 0 Å². The van der Waals surface area contributed by atoms with Crippen LogP contribution in [0.25, 0.3) is 0 Å². The highest BCUT2D eigenvalue weighted by atomic mass is 79.9. The molecular formula is C17H17BrClF. The van der Waals surface area contributed by atoms with Crippen molar-refractivity contribution >= 4 is 27.5 Å². The Morgan fingerprint density at radius 2 is 1.70 bits per heavy atom. The molecule has 2 atom stereocenters. The van der Waals surface area contributed by atoms with Crippen LogP contribution < -0.4 is 0 Å². The van der Waals surface area contributed by atoms with E-state index in [4.69, 9.17) is 11.6 Å². The van der Waals surface area contributed by atoms with Gasteiger partial charge in [-0.3, -0.25) is 0 Å². The molecule has 20 heavy (non-hydrogen) atoms. The zero-order chi connectivity index (χ0) is 14.7. The predicted molar refractivity (Wildman–Crippen MR) is 87.3 cm³/mol. The van der Waals surface area contributed by atoms with Gasteiger partial charge in [0.25, 0.3) is 0 Å². The second-order valence-corrected chi connectivity index (χ2v) is 6.28. The molecule has 106 valence electrons. The van der Waals surface area contributed by atoms with Gasteiger partial charge in [-0.15, -0.1) is 0 Å². The summed E-state index contributed by atoms with van der Waals surface area (Å²) in [5.41, 5.74) is 3.15. The first-order valence-corrected chi connectivity index (χ1v) is 8.01. The number of alkyl halides is 1. The van der Waals surface area contributed by atoms with Crippen LogP contribution in [0.15, 0.2) is 42.5 Å². The van der Waals surface area contributed by atoms with Gasteiger partial charge in [0, 0.05) is 0 Å². The summed E-state index contributed by atoms with van der Waals surface area (Å²) in [5, 5.41) is 0.181. The fourth-order valence-electron chi connectivity index (χ4n) is 2.12. The van der Waals surface area contributed by atoms with Crippen molar-refractivity contribution in [3.63, 3.8) is 0 Å². The second-order valence-electron chi connectivity index (χ2n) is 4.98. The number of rotatable bonds is 4. The lowest BCUT2D eigenvalue weighted by atomic mass is 9.96. The normalized spacial score (nSPS) is 14.1. The maximum atomic E-state index is 13.5. The average molecular weight is 356 g/mol. The number of halogens is 3. The van der Waals surface area contributed by atoms with E-state index in [0.29, 0.717) is 5.92 Å². The lowest BCUT2D eigenvalue weighted by Crippen LogP contribution is -1.97. The van der Waals surface area contributed by atoms with Crippen molar-refractivity contribution in [2.75, 3.05) is 0 Å². The maximum Gasteiger partial charge on any atom is 0.142 e. The van der Waals surface area contributed by atoms with Crippen LogP contribution in [0.2, 0.25) is 5.02 Å². The Bertz CT molecular complexity index is 580. The Morgan fingerprint density at radius 1 is 1.10 bits per heavy atom. The summed E-state index contributed by atoms with van der Waals surface area (Å²) in [6, 6.07) is 13.3. The van der Waals surface area contributed by atoms with Crippen LogP contribution in [0.3, 0.4) is 0 Å². The molecule has 0 aliphatic carbocycles. The van der Waals surface area contributed by atoms with E-state index in [0.717, 1.165) is 17.5 Å². The minimum atomic E-state index is -0.384. The quantitative estimate of drug-likeness (QED) is 0.551. The maximum absolute atomic E-state index is 13.5. The smallest absolute Gasteiger partial charge is 0.142 e. The van der Waals surface area contributed by atoms with Crippen LogP contribution in [0.1, 0.15) is 47.7 Å². The molecule has 2 aromatic rings. The van der Waals surface area contributed by atoms with E-state index in [1.165, 1.54) is 11.6 Å². The first-order valence-electron chi connectivity index (χ1n) is 6.72. The van der Waals surface area contributed by atoms with Gasteiger partial charge < -0.3 is 0 Å². The highest BCUT2D eigenvalue weighted by Crippen LogP contribution is 2.36. The standard InChI is InChI=1S/C17H17BrClF/c1-3-11(2)12-7-9-13(10-8-12)16(18)14-5-4-6-15(20)17(14)19/h4-11,16H,3H2,1-2H3. The van der Waals surface area contributed by atoms with Gasteiger partial charge in [-0.2, -0.15) is 0 Å². The van der Waals surface area contributed by atoms with Crippen LogP contribution in [0.5, 0.6) is 0 Å². The van der Waals surface area contributed by atoms with Crippen molar-refractivity contribution in [2.45, 2.75) is 31.0 Å². The molecule has 0 nitrogen and oxygen atoms in total. The van der Waals surface area contributed by atoms with Crippen molar-refractivity contribution in [1.82, 2.24) is 0 Å². The Labute approximate surface area is 133 Å². The van der Waals surface area contributed by atoms with Crippen molar-refractivity contribution in [3.05, 3.63) is 70.0 Å². The second kappa shape index (κ2) is 6.73. The van der Waals surface area contributed by atoms with Crippen LogP contribution in [-0.4, -0.2) is 0 Å². The molecule has 0 aliphatic rings. The molecule has 0 heterocycles. The summed E-state index contributed by atoms with van der Waals surface area (Å²) in [6.07, 6.45) is 1.12. The molecule has 0 spiro atoms. The summed E-state index contributed by atoms with van der Waals surface area (Å²) < 4.78 is 13.5. The summed E-state index contributed by atoms with van der Waals surface area (Å²) in [4.78, 5) is -0.100. The summed E-state index contributed by atoms with van der Waals surface area (Å²) >= 11 is 9.64. The van der Waals surface area contributed by atoms with E-state index in [2.05, 4.69) is 54.0 Å². The van der Waals surface area contributed by atoms with Gasteiger partial charge in [0.1, 0.15) is 5.82 Å². The zero-order valence-electron chi connectivity index (χ0n) is 11.5. The minimum absolute atomic E-state index is 0.100. The van der Waals surface area contributed by atoms with Crippen LogP contribution >= 0.6 is 27.5 Å². The number of benzene rings is 2. The van der Waals surface area contributed by atoms with E-state index in [1.54, 1.807) is 6.07 Å². The molecule has 2 rings (SSSR count). The first kappa shape index (κ1) is 15.5. The predicted octanol–water partition coefficient (Wildman–Crippen LogP) is 6.48. The van der Waals surface area contributed by atoms with Crippen molar-refractivity contribution in [3.8, 4) is 0 Å². The molecule has 0 amide bonds. The average Bonchev–Trinajstić information content (AvgIpc) is 2.48. The van der Waals surface area contributed by atoms with Gasteiger partial charge in [-0.1, -0.05) is 77.8 Å². The van der Waals surface area contributed by atoms with Crippen LogP contribution in [-0.2, 0) is 0 Å². The Kier molecular flexibility index (Phi) is 5.22. The van der Waals surface area contributed by atoms with Gasteiger partial charge in [0.2, 0.25) is 0 Å². The van der Waals surface area contributed by atoms with Crippen molar-refractivity contribution in [2.24, 2.45) is 0 Å². The van der Waals surface area contributed by atoms with E-state index in [9.17, 15) is 4.39 Å². The molecule has 0 N–H and O–H groups in total. The summed E-state index contributed by atoms with van der Waals surface area (Å²) in [5.74, 6) is 0.167. The molecule has 0 fully saturated rings. The molecule has 0 radical (unpaired) electrons. The lowest BCUT2D eigenvalue weighted by molar-refractivity contribution is 0.626. The molecular weight excluding hydrogens is 339 g/mol. The molecule has 0 aromatic heterocycles. The van der Waals surface area contributed by atoms with E-state index in [-0.39, 0.29) is 15.7 Å². The van der Waals surface area contributed by atoms with E-state index >= 15 is 0 Å². The van der Waals surface area contributed by atoms with Gasteiger partial charge in [0.05, 0.1) is 9.85 Å². The molecule has 0 aliphatic heterocycles.